The fourth-order valence-electron chi connectivity index (χ4n) is 1.20. The second-order valence-corrected chi connectivity index (χ2v) is 3.73. The van der Waals surface area contributed by atoms with Crippen LogP contribution >= 0.6 is 0 Å². The number of ether oxygens (including phenoxy) is 1. The van der Waals surface area contributed by atoms with Gasteiger partial charge in [-0.05, 0) is 17.7 Å². The van der Waals surface area contributed by atoms with Gasteiger partial charge in [0.1, 0.15) is 12.6 Å². The number of benzene rings is 1. The van der Waals surface area contributed by atoms with E-state index in [1.807, 2.05) is 0 Å². The molecule has 0 radical (unpaired) electrons. The van der Waals surface area contributed by atoms with Crippen LogP contribution < -0.4 is 5.73 Å². The molecule has 8 heteroatoms. The highest BCUT2D eigenvalue weighted by Gasteiger charge is 2.17. The van der Waals surface area contributed by atoms with E-state index in [1.54, 1.807) is 0 Å². The van der Waals surface area contributed by atoms with Crippen molar-refractivity contribution in [2.45, 2.75) is 19.1 Å². The van der Waals surface area contributed by atoms with Gasteiger partial charge < -0.3 is 15.6 Å². The third-order valence-electron chi connectivity index (χ3n) is 2.25. The average Bonchev–Trinajstić information content (AvgIpc) is 2.36. The Balaban J connectivity index is 2.46. The van der Waals surface area contributed by atoms with E-state index in [9.17, 15) is 19.7 Å². The van der Waals surface area contributed by atoms with Crippen molar-refractivity contribution in [2.24, 2.45) is 5.73 Å². The van der Waals surface area contributed by atoms with Crippen LogP contribution in [0.3, 0.4) is 0 Å². The molecule has 0 amide bonds. The van der Waals surface area contributed by atoms with Gasteiger partial charge in [0, 0.05) is 12.1 Å². The Bertz CT molecular complexity index is 484. The Morgan fingerprint density at radius 2 is 1.95 bits per heavy atom. The molecule has 3 N–H and O–H groups in total. The highest BCUT2D eigenvalue weighted by Crippen LogP contribution is 2.12. The Labute approximate surface area is 107 Å². The predicted octanol–water partition coefficient (Wildman–Crippen LogP) is 0.440. The number of rotatable bonds is 6. The van der Waals surface area contributed by atoms with Crippen LogP contribution in [0.2, 0.25) is 0 Å². The average molecular weight is 268 g/mol. The first-order chi connectivity index (χ1) is 8.90. The van der Waals surface area contributed by atoms with E-state index >= 15 is 0 Å². The van der Waals surface area contributed by atoms with Crippen molar-refractivity contribution < 1.29 is 24.4 Å². The number of carbonyl (C=O) groups excluding carboxylic acids is 1. The summed E-state index contributed by atoms with van der Waals surface area (Å²) in [4.78, 5) is 31.5. The van der Waals surface area contributed by atoms with Gasteiger partial charge in [-0.2, -0.15) is 0 Å². The maximum atomic E-state index is 11.2. The Hall–Kier alpha value is -2.48. The number of hydrogen-bond donors (Lipinski definition) is 2. The third-order valence-corrected chi connectivity index (χ3v) is 2.25. The van der Waals surface area contributed by atoms with Crippen molar-refractivity contribution in [3.8, 4) is 0 Å². The van der Waals surface area contributed by atoms with Gasteiger partial charge in [-0.15, -0.1) is 0 Å². The summed E-state index contributed by atoms with van der Waals surface area (Å²) in [5, 5.41) is 18.9. The third kappa shape index (κ3) is 4.72. The maximum Gasteiger partial charge on any atom is 0.321 e. The number of hydrogen-bond acceptors (Lipinski definition) is 6. The molecule has 19 heavy (non-hydrogen) atoms. The fourth-order valence-corrected chi connectivity index (χ4v) is 1.20. The number of carboxylic acids is 1. The van der Waals surface area contributed by atoms with E-state index in [0.717, 1.165) is 0 Å². The lowest BCUT2D eigenvalue weighted by Gasteiger charge is -2.07. The quantitative estimate of drug-likeness (QED) is 0.434. The molecule has 102 valence electrons. The number of nitrogens with zero attached hydrogens (tertiary/aromatic N) is 1. The summed E-state index contributed by atoms with van der Waals surface area (Å²) < 4.78 is 4.80. The van der Waals surface area contributed by atoms with Gasteiger partial charge in [-0.3, -0.25) is 19.7 Å². The Kier molecular flexibility index (Phi) is 4.95. The molecule has 1 atom stereocenters. The molecule has 0 aliphatic rings. The predicted molar refractivity (Wildman–Crippen MR) is 63.1 cm³/mol. The monoisotopic (exact) mass is 268 g/mol. The maximum absolute atomic E-state index is 11.2. The standard InChI is InChI=1S/C11H12N2O6/c12-9(11(15)16)5-10(14)19-6-7-1-3-8(4-2-7)13(17)18/h1-4,9H,5-6,12H2,(H,15,16)/t9-/m0/s1. The lowest BCUT2D eigenvalue weighted by Crippen LogP contribution is -2.33. The van der Waals surface area contributed by atoms with Gasteiger partial charge >= 0.3 is 11.9 Å². The first kappa shape index (κ1) is 14.6. The van der Waals surface area contributed by atoms with Gasteiger partial charge in [0.25, 0.3) is 5.69 Å². The molecule has 0 heterocycles. The van der Waals surface area contributed by atoms with Crippen molar-refractivity contribution in [3.05, 3.63) is 39.9 Å². The van der Waals surface area contributed by atoms with Crippen molar-refractivity contribution >= 4 is 17.6 Å². The second-order valence-electron chi connectivity index (χ2n) is 3.73. The molecule has 0 aliphatic carbocycles. The number of carbonyl (C=O) groups is 2. The van der Waals surface area contributed by atoms with Crippen LogP contribution in [0.5, 0.6) is 0 Å². The number of nitro groups is 1. The topological polar surface area (TPSA) is 133 Å². The number of nitro benzene ring substituents is 1. The Morgan fingerprint density at radius 3 is 2.42 bits per heavy atom. The zero-order valence-corrected chi connectivity index (χ0v) is 9.81. The number of non-ortho nitro benzene ring substituents is 1. The lowest BCUT2D eigenvalue weighted by molar-refractivity contribution is -0.384. The molecular formula is C11H12N2O6. The van der Waals surface area contributed by atoms with E-state index in [-0.39, 0.29) is 12.3 Å². The molecule has 0 spiro atoms. The van der Waals surface area contributed by atoms with Crippen molar-refractivity contribution in [1.29, 1.82) is 0 Å². The summed E-state index contributed by atoms with van der Waals surface area (Å²) in [5.41, 5.74) is 5.66. The van der Waals surface area contributed by atoms with Crippen LogP contribution in [0.1, 0.15) is 12.0 Å². The smallest absolute Gasteiger partial charge is 0.321 e. The first-order valence-electron chi connectivity index (χ1n) is 5.27. The molecule has 1 aromatic rings. The molecule has 1 rings (SSSR count). The number of aliphatic carboxylic acids is 1. The SMILES string of the molecule is N[C@@H](CC(=O)OCc1ccc([N+](=O)[O-])cc1)C(=O)O. The molecular weight excluding hydrogens is 256 g/mol. The van der Waals surface area contributed by atoms with Crippen LogP contribution in [0.15, 0.2) is 24.3 Å². The van der Waals surface area contributed by atoms with Gasteiger partial charge in [0.05, 0.1) is 11.3 Å². The first-order valence-corrected chi connectivity index (χ1v) is 5.27. The van der Waals surface area contributed by atoms with E-state index in [4.69, 9.17) is 15.6 Å². The minimum atomic E-state index is -1.30. The number of carboxylic acid groups (broad SMARTS) is 1. The molecule has 1 aromatic carbocycles. The minimum Gasteiger partial charge on any atom is -0.480 e. The van der Waals surface area contributed by atoms with Crippen LogP contribution in [0, 0.1) is 10.1 Å². The summed E-state index contributed by atoms with van der Waals surface area (Å²) >= 11 is 0. The molecule has 0 saturated carbocycles. The summed E-state index contributed by atoms with van der Waals surface area (Å²) in [7, 11) is 0. The second kappa shape index (κ2) is 6.45. The largest absolute Gasteiger partial charge is 0.480 e. The summed E-state index contributed by atoms with van der Waals surface area (Å²) in [6, 6.07) is 4.16. The molecule has 0 bridgehead atoms. The zero-order chi connectivity index (χ0) is 14.4. The van der Waals surface area contributed by atoms with Crippen LogP contribution in [0.4, 0.5) is 5.69 Å². The molecule has 0 saturated heterocycles. The Morgan fingerprint density at radius 1 is 1.37 bits per heavy atom. The summed E-state index contributed by atoms with van der Waals surface area (Å²) in [6.07, 6.45) is -0.428. The van der Waals surface area contributed by atoms with E-state index in [0.29, 0.717) is 5.56 Å². The normalized spacial score (nSPS) is 11.6. The van der Waals surface area contributed by atoms with Gasteiger partial charge in [-0.25, -0.2) is 0 Å². The molecule has 0 fully saturated rings. The van der Waals surface area contributed by atoms with Crippen molar-refractivity contribution in [1.82, 2.24) is 0 Å². The van der Waals surface area contributed by atoms with Crippen molar-refractivity contribution in [3.63, 3.8) is 0 Å². The van der Waals surface area contributed by atoms with E-state index in [1.165, 1.54) is 24.3 Å². The number of esters is 1. The highest BCUT2D eigenvalue weighted by molar-refractivity contribution is 5.81. The van der Waals surface area contributed by atoms with Crippen LogP contribution in [0.25, 0.3) is 0 Å². The molecule has 0 unspecified atom stereocenters. The van der Waals surface area contributed by atoms with E-state index < -0.39 is 29.3 Å². The molecule has 0 aromatic heterocycles. The fraction of sp³-hybridized carbons (Fsp3) is 0.273. The van der Waals surface area contributed by atoms with E-state index in [2.05, 4.69) is 0 Å². The summed E-state index contributed by atoms with van der Waals surface area (Å²) in [5.74, 6) is -2.03. The minimum absolute atomic E-state index is 0.0667. The molecule has 0 aliphatic heterocycles. The van der Waals surface area contributed by atoms with Gasteiger partial charge in [0.15, 0.2) is 0 Å². The number of nitrogens with two attached hydrogens (primary N) is 1. The lowest BCUT2D eigenvalue weighted by atomic mass is 10.2. The van der Waals surface area contributed by atoms with Crippen LogP contribution in [-0.4, -0.2) is 28.0 Å². The van der Waals surface area contributed by atoms with Crippen molar-refractivity contribution in [2.75, 3.05) is 0 Å². The van der Waals surface area contributed by atoms with Gasteiger partial charge in [0.2, 0.25) is 0 Å². The van der Waals surface area contributed by atoms with Crippen LogP contribution in [-0.2, 0) is 20.9 Å². The molecule has 8 nitrogen and oxygen atoms in total. The highest BCUT2D eigenvalue weighted by atomic mass is 16.6. The summed E-state index contributed by atoms with van der Waals surface area (Å²) in [6.45, 7) is -0.0941. The zero-order valence-electron chi connectivity index (χ0n) is 9.81. The van der Waals surface area contributed by atoms with Gasteiger partial charge in [-0.1, -0.05) is 0 Å².